The van der Waals surface area contributed by atoms with Gasteiger partial charge in [0.05, 0.1) is 25.2 Å². The molecule has 0 bridgehead atoms. The van der Waals surface area contributed by atoms with Crippen molar-refractivity contribution in [2.24, 2.45) is 0 Å². The Balaban J connectivity index is 1.72. The average molecular weight is 600 g/mol. The molecule has 0 radical (unpaired) electrons. The van der Waals surface area contributed by atoms with E-state index in [9.17, 15) is 13.2 Å². The van der Waals surface area contributed by atoms with E-state index in [4.69, 9.17) is 21.4 Å². The van der Waals surface area contributed by atoms with E-state index in [-0.39, 0.29) is 16.2 Å². The van der Waals surface area contributed by atoms with Crippen LogP contribution in [0.3, 0.4) is 0 Å². The number of carbonyl (C=O) groups is 1. The van der Waals surface area contributed by atoms with E-state index in [1.54, 1.807) is 30.3 Å². The van der Waals surface area contributed by atoms with Crippen LogP contribution in [0.2, 0.25) is 5.02 Å². The molecule has 0 aliphatic carbocycles. The van der Waals surface area contributed by atoms with Crippen molar-refractivity contribution in [3.8, 4) is 11.5 Å². The van der Waals surface area contributed by atoms with Crippen LogP contribution in [-0.2, 0) is 21.1 Å². The Labute approximate surface area is 205 Å². The van der Waals surface area contributed by atoms with Crippen molar-refractivity contribution >= 4 is 70.2 Å². The van der Waals surface area contributed by atoms with E-state index in [0.29, 0.717) is 41.9 Å². The fourth-order valence-corrected chi connectivity index (χ4v) is 6.20. The molecule has 1 heterocycles. The maximum Gasteiger partial charge on any atom is 0.307 e. The van der Waals surface area contributed by atoms with Crippen molar-refractivity contribution in [2.45, 2.75) is 16.2 Å². The van der Waals surface area contributed by atoms with Crippen molar-refractivity contribution in [2.75, 3.05) is 0 Å². The first-order valence-electron chi connectivity index (χ1n) is 9.14. The van der Waals surface area contributed by atoms with Crippen LogP contribution >= 0.6 is 43.5 Å². The fraction of sp³-hybridized carbons (Fsp3) is 0.0455. The number of aromatic nitrogens is 1. The van der Waals surface area contributed by atoms with Gasteiger partial charge in [0.15, 0.2) is 5.75 Å². The number of rotatable bonds is 6. The van der Waals surface area contributed by atoms with Crippen LogP contribution in [0, 0.1) is 0 Å². The zero-order chi connectivity index (χ0) is 23.0. The van der Waals surface area contributed by atoms with Gasteiger partial charge in [0.25, 0.3) is 0 Å². The molecule has 0 saturated carbocycles. The lowest BCUT2D eigenvalue weighted by molar-refractivity contribution is -0.136. The number of carboxylic acid groups (broad SMARTS) is 1. The number of nitrogens with one attached hydrogen (secondary N) is 1. The largest absolute Gasteiger partial charge is 0.481 e. The van der Waals surface area contributed by atoms with Gasteiger partial charge in [-0.25, -0.2) is 8.42 Å². The van der Waals surface area contributed by atoms with Crippen LogP contribution in [0.5, 0.6) is 11.5 Å². The molecule has 4 rings (SSSR count). The third-order valence-electron chi connectivity index (χ3n) is 4.66. The molecule has 6 nitrogen and oxygen atoms in total. The topological polar surface area (TPSA) is 96.5 Å². The Morgan fingerprint density at radius 2 is 1.69 bits per heavy atom. The number of hydrogen-bond acceptors (Lipinski definition) is 4. The molecular formula is C22H14Br2ClNO5S. The van der Waals surface area contributed by atoms with Gasteiger partial charge in [0, 0.05) is 22.1 Å². The first-order valence-corrected chi connectivity index (χ1v) is 12.6. The summed E-state index contributed by atoms with van der Waals surface area (Å²) in [7, 11) is -3.78. The highest BCUT2D eigenvalue weighted by Gasteiger charge is 2.22. The third kappa shape index (κ3) is 4.56. The van der Waals surface area contributed by atoms with Gasteiger partial charge in [0.2, 0.25) is 9.84 Å². The van der Waals surface area contributed by atoms with Crippen molar-refractivity contribution in [1.29, 1.82) is 0 Å². The molecule has 3 aromatic carbocycles. The van der Waals surface area contributed by atoms with Crippen LogP contribution in [0.1, 0.15) is 5.56 Å². The summed E-state index contributed by atoms with van der Waals surface area (Å²) in [6, 6.07) is 14.4. The molecule has 0 spiro atoms. The molecule has 0 amide bonds. The molecule has 4 aromatic rings. The molecule has 1 aromatic heterocycles. The van der Waals surface area contributed by atoms with Gasteiger partial charge in [-0.15, -0.1) is 0 Å². The van der Waals surface area contributed by atoms with Crippen LogP contribution < -0.4 is 4.74 Å². The standard InChI is InChI=1S/C22H14Br2ClNO5S/c23-17-7-12(9-21(27)28)8-18(24)22(17)31-14-3-6-19-16(10-14)20(11-26-19)32(29,30)15-4-1-13(25)2-5-15/h1-8,10-11,26H,9H2,(H,27,28). The summed E-state index contributed by atoms with van der Waals surface area (Å²) in [5, 5.41) is 9.93. The lowest BCUT2D eigenvalue weighted by atomic mass is 10.1. The molecule has 0 unspecified atom stereocenters. The summed E-state index contributed by atoms with van der Waals surface area (Å²) in [4.78, 5) is 14.2. The minimum atomic E-state index is -3.78. The average Bonchev–Trinajstić information content (AvgIpc) is 3.15. The number of hydrogen-bond donors (Lipinski definition) is 2. The molecule has 10 heteroatoms. The highest BCUT2D eigenvalue weighted by atomic mass is 79.9. The third-order valence-corrected chi connectivity index (χ3v) is 7.90. The Morgan fingerprint density at radius 3 is 2.31 bits per heavy atom. The Hall–Kier alpha value is -2.33. The Bertz CT molecular complexity index is 1430. The number of carboxylic acids is 1. The van der Waals surface area contributed by atoms with Crippen molar-refractivity contribution in [1.82, 2.24) is 4.98 Å². The van der Waals surface area contributed by atoms with Gasteiger partial charge in [-0.05, 0) is 92.0 Å². The van der Waals surface area contributed by atoms with Crippen LogP contribution in [-0.4, -0.2) is 24.5 Å². The van der Waals surface area contributed by atoms with Crippen molar-refractivity contribution < 1.29 is 23.1 Å². The zero-order valence-corrected chi connectivity index (χ0v) is 20.8. The molecule has 0 atom stereocenters. The van der Waals surface area contributed by atoms with Gasteiger partial charge in [-0.3, -0.25) is 4.79 Å². The number of aliphatic carboxylic acids is 1. The molecule has 164 valence electrons. The van der Waals surface area contributed by atoms with E-state index < -0.39 is 15.8 Å². The van der Waals surface area contributed by atoms with E-state index in [2.05, 4.69) is 36.8 Å². The van der Waals surface area contributed by atoms with Crippen LogP contribution in [0.25, 0.3) is 10.9 Å². The number of ether oxygens (including phenoxy) is 1. The van der Waals surface area contributed by atoms with Gasteiger partial charge >= 0.3 is 5.97 Å². The molecule has 2 N–H and O–H groups in total. The Kier molecular flexibility index (Phi) is 6.35. The molecule has 32 heavy (non-hydrogen) atoms. The normalized spacial score (nSPS) is 11.6. The van der Waals surface area contributed by atoms with E-state index >= 15 is 0 Å². The number of halogens is 3. The molecule has 0 fully saturated rings. The monoisotopic (exact) mass is 597 g/mol. The first kappa shape index (κ1) is 22.8. The molecule has 0 saturated heterocycles. The maximum atomic E-state index is 13.2. The van der Waals surface area contributed by atoms with Gasteiger partial charge < -0.3 is 14.8 Å². The zero-order valence-electron chi connectivity index (χ0n) is 16.1. The summed E-state index contributed by atoms with van der Waals surface area (Å²) in [5.41, 5.74) is 1.24. The predicted molar refractivity (Wildman–Crippen MR) is 128 cm³/mol. The van der Waals surface area contributed by atoms with Crippen molar-refractivity contribution in [3.05, 3.63) is 80.3 Å². The fourth-order valence-electron chi connectivity index (χ4n) is 3.21. The summed E-state index contributed by atoms with van der Waals surface area (Å²) in [6.07, 6.45) is 1.32. The second-order valence-corrected chi connectivity index (χ2v) is 10.9. The first-order chi connectivity index (χ1) is 15.1. The highest BCUT2D eigenvalue weighted by molar-refractivity contribution is 9.11. The number of benzene rings is 3. The second kappa shape index (κ2) is 8.90. The van der Waals surface area contributed by atoms with Gasteiger partial charge in [0.1, 0.15) is 5.75 Å². The lowest BCUT2D eigenvalue weighted by Gasteiger charge is -2.12. The molecular weight excluding hydrogens is 586 g/mol. The van der Waals surface area contributed by atoms with Crippen LogP contribution in [0.4, 0.5) is 0 Å². The van der Waals surface area contributed by atoms with E-state index in [1.165, 1.54) is 30.5 Å². The number of fused-ring (bicyclic) bond motifs is 1. The van der Waals surface area contributed by atoms with E-state index in [1.807, 2.05) is 0 Å². The summed E-state index contributed by atoms with van der Waals surface area (Å²) < 4.78 is 33.4. The quantitative estimate of drug-likeness (QED) is 0.260. The number of aromatic amines is 1. The van der Waals surface area contributed by atoms with Gasteiger partial charge in [-0.1, -0.05) is 11.6 Å². The van der Waals surface area contributed by atoms with Crippen molar-refractivity contribution in [3.63, 3.8) is 0 Å². The van der Waals surface area contributed by atoms with Gasteiger partial charge in [-0.2, -0.15) is 0 Å². The number of sulfone groups is 1. The Morgan fingerprint density at radius 1 is 1.03 bits per heavy atom. The molecule has 0 aliphatic heterocycles. The second-order valence-electron chi connectivity index (χ2n) is 6.88. The summed E-state index contributed by atoms with van der Waals surface area (Å²) >= 11 is 12.7. The lowest BCUT2D eigenvalue weighted by Crippen LogP contribution is -2.01. The van der Waals surface area contributed by atoms with Crippen LogP contribution in [0.15, 0.2) is 79.5 Å². The highest BCUT2D eigenvalue weighted by Crippen LogP contribution is 2.39. The maximum absolute atomic E-state index is 13.2. The predicted octanol–water partition coefficient (Wildman–Crippen LogP) is 6.60. The smallest absolute Gasteiger partial charge is 0.307 e. The summed E-state index contributed by atoms with van der Waals surface area (Å²) in [6.45, 7) is 0. The minimum Gasteiger partial charge on any atom is -0.481 e. The number of H-pyrrole nitrogens is 1. The summed E-state index contributed by atoms with van der Waals surface area (Å²) in [5.74, 6) is -0.0852. The molecule has 0 aliphatic rings. The SMILES string of the molecule is O=C(O)Cc1cc(Br)c(Oc2ccc3[nH]cc(S(=O)(=O)c4ccc(Cl)cc4)c3c2)c(Br)c1. The van der Waals surface area contributed by atoms with E-state index in [0.717, 1.165) is 0 Å². The minimum absolute atomic E-state index is 0.121.